The molecule has 26 heavy (non-hydrogen) atoms. The van der Waals surface area contributed by atoms with E-state index < -0.39 is 5.97 Å². The van der Waals surface area contributed by atoms with Crippen LogP contribution in [-0.4, -0.2) is 23.5 Å². The summed E-state index contributed by atoms with van der Waals surface area (Å²) in [6, 6.07) is 5.38. The molecule has 0 saturated carbocycles. The fraction of sp³-hybridized carbons (Fsp3) is 0.167. The molecule has 0 bridgehead atoms. The third kappa shape index (κ3) is 4.93. The lowest BCUT2D eigenvalue weighted by Crippen LogP contribution is -2.07. The monoisotopic (exact) mass is 390 g/mol. The van der Waals surface area contributed by atoms with Gasteiger partial charge in [-0.05, 0) is 35.9 Å². The number of thiazole rings is 1. The Hall–Kier alpha value is -2.64. The van der Waals surface area contributed by atoms with Crippen molar-refractivity contribution in [1.82, 2.24) is 4.98 Å². The molecular weight excluding hydrogens is 376 g/mol. The van der Waals surface area contributed by atoms with Crippen LogP contribution in [0.3, 0.4) is 0 Å². The lowest BCUT2D eigenvalue weighted by molar-refractivity contribution is -0.139. The number of carbonyl (C=O) groups is 2. The zero-order chi connectivity index (χ0) is 18.5. The van der Waals surface area contributed by atoms with Crippen molar-refractivity contribution in [2.24, 2.45) is 0 Å². The molecule has 0 radical (unpaired) electrons. The van der Waals surface area contributed by atoms with Gasteiger partial charge in [0.15, 0.2) is 5.13 Å². The molecule has 0 fully saturated rings. The van der Waals surface area contributed by atoms with Gasteiger partial charge >= 0.3 is 5.97 Å². The summed E-state index contributed by atoms with van der Waals surface area (Å²) < 4.78 is 10.8. The largest absolute Gasteiger partial charge is 0.488 e. The van der Waals surface area contributed by atoms with Crippen LogP contribution >= 0.6 is 22.9 Å². The molecule has 1 N–H and O–H groups in total. The normalized spacial score (nSPS) is 12.9. The van der Waals surface area contributed by atoms with Crippen LogP contribution in [0.15, 0.2) is 41.3 Å². The molecule has 1 amide bonds. The van der Waals surface area contributed by atoms with Crippen LogP contribution < -0.4 is 10.1 Å². The van der Waals surface area contributed by atoms with Gasteiger partial charge in [-0.1, -0.05) is 11.6 Å². The van der Waals surface area contributed by atoms with Gasteiger partial charge in [-0.25, -0.2) is 9.78 Å². The van der Waals surface area contributed by atoms with Crippen molar-refractivity contribution in [2.75, 3.05) is 11.9 Å². The third-order valence-corrected chi connectivity index (χ3v) is 4.38. The highest BCUT2D eigenvalue weighted by Crippen LogP contribution is 2.29. The van der Waals surface area contributed by atoms with E-state index in [4.69, 9.17) is 21.1 Å². The molecule has 1 aromatic carbocycles. The SMILES string of the molecule is CC(=O)Nc1nc(COC(=O)C=CC2=Cc3cc(Cl)ccc3OC2)cs1. The highest BCUT2D eigenvalue weighted by atomic mass is 35.5. The molecule has 0 atom stereocenters. The number of rotatable bonds is 5. The fourth-order valence-corrected chi connectivity index (χ4v) is 3.13. The highest BCUT2D eigenvalue weighted by molar-refractivity contribution is 7.13. The number of fused-ring (bicyclic) bond motifs is 1. The van der Waals surface area contributed by atoms with E-state index >= 15 is 0 Å². The maximum absolute atomic E-state index is 11.9. The molecule has 3 rings (SSSR count). The van der Waals surface area contributed by atoms with Crippen LogP contribution in [0.5, 0.6) is 5.75 Å². The van der Waals surface area contributed by atoms with Crippen molar-refractivity contribution in [3.05, 3.63) is 57.6 Å². The number of halogens is 1. The Labute approximate surface area is 159 Å². The quantitative estimate of drug-likeness (QED) is 0.620. The third-order valence-electron chi connectivity index (χ3n) is 3.34. The Morgan fingerprint density at radius 3 is 3.12 bits per heavy atom. The van der Waals surface area contributed by atoms with E-state index in [9.17, 15) is 9.59 Å². The van der Waals surface area contributed by atoms with E-state index in [1.165, 1.54) is 24.3 Å². The summed E-state index contributed by atoms with van der Waals surface area (Å²) in [6.45, 7) is 1.81. The second-order valence-electron chi connectivity index (χ2n) is 5.46. The molecule has 8 heteroatoms. The topological polar surface area (TPSA) is 77.5 Å². The zero-order valence-corrected chi connectivity index (χ0v) is 15.4. The van der Waals surface area contributed by atoms with Crippen molar-refractivity contribution in [3.8, 4) is 5.75 Å². The summed E-state index contributed by atoms with van der Waals surface area (Å²) >= 11 is 7.25. The van der Waals surface area contributed by atoms with Crippen molar-refractivity contribution in [3.63, 3.8) is 0 Å². The smallest absolute Gasteiger partial charge is 0.331 e. The number of hydrogen-bond donors (Lipinski definition) is 1. The van der Waals surface area contributed by atoms with Crippen molar-refractivity contribution in [1.29, 1.82) is 0 Å². The number of aromatic nitrogens is 1. The molecule has 1 aliphatic heterocycles. The predicted molar refractivity (Wildman–Crippen MR) is 100 cm³/mol. The number of carbonyl (C=O) groups excluding carboxylic acids is 2. The van der Waals surface area contributed by atoms with E-state index in [0.29, 0.717) is 22.5 Å². The second-order valence-corrected chi connectivity index (χ2v) is 6.75. The van der Waals surface area contributed by atoms with Gasteiger partial charge in [-0.3, -0.25) is 4.79 Å². The average molecular weight is 391 g/mol. The predicted octanol–water partition coefficient (Wildman–Crippen LogP) is 3.83. The number of hydrogen-bond acceptors (Lipinski definition) is 6. The van der Waals surface area contributed by atoms with Crippen molar-refractivity contribution >= 4 is 46.0 Å². The van der Waals surface area contributed by atoms with Crippen LogP contribution in [0.2, 0.25) is 5.02 Å². The van der Waals surface area contributed by atoms with Crippen LogP contribution in [0.4, 0.5) is 5.13 Å². The number of ether oxygens (including phenoxy) is 2. The summed E-state index contributed by atoms with van der Waals surface area (Å²) in [5.74, 6) is 0.0705. The Bertz CT molecular complexity index is 904. The maximum Gasteiger partial charge on any atom is 0.331 e. The molecule has 0 spiro atoms. The molecule has 134 valence electrons. The van der Waals surface area contributed by atoms with Gasteiger partial charge in [0.1, 0.15) is 19.0 Å². The number of esters is 1. The Morgan fingerprint density at radius 2 is 2.31 bits per heavy atom. The van der Waals surface area contributed by atoms with Crippen LogP contribution in [0.1, 0.15) is 18.2 Å². The molecule has 2 aromatic rings. The van der Waals surface area contributed by atoms with E-state index in [1.54, 1.807) is 23.6 Å². The molecule has 1 aromatic heterocycles. The maximum atomic E-state index is 11.9. The average Bonchev–Trinajstić information content (AvgIpc) is 3.04. The van der Waals surface area contributed by atoms with Crippen LogP contribution in [0.25, 0.3) is 6.08 Å². The van der Waals surface area contributed by atoms with Crippen molar-refractivity contribution < 1.29 is 19.1 Å². The minimum absolute atomic E-state index is 0.0350. The van der Waals surface area contributed by atoms with E-state index in [0.717, 1.165) is 16.9 Å². The van der Waals surface area contributed by atoms with E-state index in [1.807, 2.05) is 12.1 Å². The van der Waals surface area contributed by atoms with E-state index in [-0.39, 0.29) is 12.5 Å². The molecular formula is C18H15ClN2O4S. The first-order chi connectivity index (χ1) is 12.5. The summed E-state index contributed by atoms with van der Waals surface area (Å²) in [5, 5.41) is 5.39. The van der Waals surface area contributed by atoms with E-state index in [2.05, 4.69) is 10.3 Å². The second kappa shape index (κ2) is 8.16. The molecule has 0 unspecified atom stereocenters. The fourth-order valence-electron chi connectivity index (χ4n) is 2.21. The van der Waals surface area contributed by atoms with Crippen molar-refractivity contribution in [2.45, 2.75) is 13.5 Å². The number of nitrogens with one attached hydrogen (secondary N) is 1. The molecule has 1 aliphatic rings. The first-order valence-electron chi connectivity index (χ1n) is 7.69. The van der Waals surface area contributed by atoms with Gasteiger partial charge in [0.25, 0.3) is 0 Å². The summed E-state index contributed by atoms with van der Waals surface area (Å²) in [7, 11) is 0. The number of anilines is 1. The van der Waals surface area contributed by atoms with Gasteiger partial charge in [-0.15, -0.1) is 11.3 Å². The summed E-state index contributed by atoms with van der Waals surface area (Å²) in [6.07, 6.45) is 4.90. The highest BCUT2D eigenvalue weighted by Gasteiger charge is 2.11. The Kier molecular flexibility index (Phi) is 5.70. The van der Waals surface area contributed by atoms with Crippen LogP contribution in [-0.2, 0) is 20.9 Å². The summed E-state index contributed by atoms with van der Waals surface area (Å²) in [4.78, 5) is 27.0. The molecule has 0 saturated heterocycles. The van der Waals surface area contributed by atoms with Gasteiger partial charge in [-0.2, -0.15) is 0 Å². The molecule has 2 heterocycles. The number of benzene rings is 1. The lowest BCUT2D eigenvalue weighted by atomic mass is 10.1. The van der Waals surface area contributed by atoms with Gasteiger partial charge in [0.05, 0.1) is 5.69 Å². The number of amides is 1. The zero-order valence-electron chi connectivity index (χ0n) is 13.8. The van der Waals surface area contributed by atoms with Gasteiger partial charge in [0, 0.05) is 29.0 Å². The Balaban J connectivity index is 1.55. The summed E-state index contributed by atoms with van der Waals surface area (Å²) in [5.41, 5.74) is 2.27. The Morgan fingerprint density at radius 1 is 1.46 bits per heavy atom. The minimum Gasteiger partial charge on any atom is -0.488 e. The number of nitrogens with zero attached hydrogens (tertiary/aromatic N) is 1. The first kappa shape index (κ1) is 18.2. The minimum atomic E-state index is -0.489. The lowest BCUT2D eigenvalue weighted by Gasteiger charge is -2.16. The molecule has 6 nitrogen and oxygen atoms in total. The van der Waals surface area contributed by atoms with Crippen LogP contribution in [0, 0.1) is 0 Å². The van der Waals surface area contributed by atoms with Gasteiger partial charge < -0.3 is 14.8 Å². The van der Waals surface area contributed by atoms with Gasteiger partial charge in [0.2, 0.25) is 5.91 Å². The first-order valence-corrected chi connectivity index (χ1v) is 8.95. The standard InChI is InChI=1S/C18H15ClN2O4S/c1-11(22)20-18-21-15(10-26-18)9-25-17(23)5-2-12-6-13-7-14(19)3-4-16(13)24-8-12/h2-7,10H,8-9H2,1H3,(H,20,21,22). The molecule has 0 aliphatic carbocycles.